The minimum absolute atomic E-state index is 0. The highest BCUT2D eigenvalue weighted by Crippen LogP contribution is 2.12. The molecule has 0 amide bonds. The van der Waals surface area contributed by atoms with Gasteiger partial charge in [-0.1, -0.05) is 90.2 Å². The Balaban J connectivity index is 0.00000529. The average Bonchev–Trinajstić information content (AvgIpc) is 2.57. The molecule has 0 N–H and O–H groups in total. The summed E-state index contributed by atoms with van der Waals surface area (Å²) in [4.78, 5) is 0. The maximum Gasteiger partial charge on any atom is 0.181 e. The smallest absolute Gasteiger partial charge is 0.181 e. The number of aryl methyl sites for hydroxylation is 1. The Morgan fingerprint density at radius 3 is 1.92 bits per heavy atom. The first-order chi connectivity index (χ1) is 11.4. The molecule has 0 atom stereocenters. The predicted molar refractivity (Wildman–Crippen MR) is 102 cm³/mol. The first-order valence-electron chi connectivity index (χ1n) is 9.96. The number of nitrogens with zero attached hydrogens (tertiary/aromatic N) is 1. The number of allylic oxidation sites excluding steroid dienone is 1. The van der Waals surface area contributed by atoms with Crippen LogP contribution in [0, 0.1) is 0 Å². The van der Waals surface area contributed by atoms with Gasteiger partial charge in [-0.2, -0.15) is 4.57 Å². The highest BCUT2D eigenvalue weighted by atomic mass is 35.5. The quantitative estimate of drug-likeness (QED) is 0.259. The summed E-state index contributed by atoms with van der Waals surface area (Å²) in [5.41, 5.74) is 1.44. The van der Waals surface area contributed by atoms with Crippen LogP contribution in [0.1, 0.15) is 89.7 Å². The summed E-state index contributed by atoms with van der Waals surface area (Å²) in [6.07, 6.45) is 22.3. The van der Waals surface area contributed by atoms with Gasteiger partial charge in [0.15, 0.2) is 18.4 Å². The molecule has 0 spiro atoms. The van der Waals surface area contributed by atoms with Crippen LogP contribution in [0.25, 0.3) is 0 Å². The zero-order chi connectivity index (χ0) is 16.6. The molecule has 1 aromatic heterocycles. The second-order valence-corrected chi connectivity index (χ2v) is 6.77. The van der Waals surface area contributed by atoms with Crippen LogP contribution >= 0.6 is 0 Å². The first kappa shape index (κ1) is 23.2. The third-order valence-corrected chi connectivity index (χ3v) is 4.65. The van der Waals surface area contributed by atoms with E-state index < -0.39 is 0 Å². The summed E-state index contributed by atoms with van der Waals surface area (Å²) in [6.45, 7) is 7.06. The molecule has 0 saturated heterocycles. The lowest BCUT2D eigenvalue weighted by Gasteiger charge is -2.03. The second kappa shape index (κ2) is 17.0. The van der Waals surface area contributed by atoms with Crippen LogP contribution in [0.4, 0.5) is 0 Å². The van der Waals surface area contributed by atoms with Gasteiger partial charge in [-0.15, -0.1) is 0 Å². The van der Waals surface area contributed by atoms with Gasteiger partial charge >= 0.3 is 0 Å². The molecule has 0 aliphatic rings. The van der Waals surface area contributed by atoms with Gasteiger partial charge in [0.2, 0.25) is 0 Å². The van der Waals surface area contributed by atoms with Crippen molar-refractivity contribution in [3.8, 4) is 0 Å². The maximum absolute atomic E-state index is 3.84. The monoisotopic (exact) mass is 351 g/mol. The predicted octanol–water partition coefficient (Wildman–Crippen LogP) is 3.41. The van der Waals surface area contributed by atoms with Gasteiger partial charge in [0.25, 0.3) is 0 Å². The molecule has 0 aromatic carbocycles. The SMILES string of the molecule is C=CC[n+]1ccccc1CCCCCCCCCCCCCC.[Cl-]. The van der Waals surface area contributed by atoms with Crippen LogP contribution in [0.15, 0.2) is 37.1 Å². The average molecular weight is 352 g/mol. The van der Waals surface area contributed by atoms with Gasteiger partial charge < -0.3 is 12.4 Å². The molecule has 0 radical (unpaired) electrons. The number of aromatic nitrogens is 1. The van der Waals surface area contributed by atoms with Crippen molar-refractivity contribution in [2.75, 3.05) is 0 Å². The molecule has 1 heterocycles. The molecule has 0 fully saturated rings. The molecule has 0 bridgehead atoms. The molecule has 1 aromatic rings. The fourth-order valence-electron chi connectivity index (χ4n) is 3.20. The molecule has 2 heteroatoms. The van der Waals surface area contributed by atoms with E-state index in [1.807, 2.05) is 6.08 Å². The zero-order valence-corrected chi connectivity index (χ0v) is 16.6. The Bertz CT molecular complexity index is 403. The lowest BCUT2D eigenvalue weighted by molar-refractivity contribution is -0.694. The van der Waals surface area contributed by atoms with E-state index in [0.29, 0.717) is 0 Å². The van der Waals surface area contributed by atoms with Crippen LogP contribution in [-0.4, -0.2) is 0 Å². The highest BCUT2D eigenvalue weighted by Gasteiger charge is 2.06. The van der Waals surface area contributed by atoms with Gasteiger partial charge in [-0.3, -0.25) is 0 Å². The lowest BCUT2D eigenvalue weighted by atomic mass is 10.0. The van der Waals surface area contributed by atoms with Crippen molar-refractivity contribution < 1.29 is 17.0 Å². The normalized spacial score (nSPS) is 10.4. The molecule has 0 aliphatic carbocycles. The lowest BCUT2D eigenvalue weighted by Crippen LogP contribution is -3.00. The van der Waals surface area contributed by atoms with Crippen LogP contribution in [-0.2, 0) is 13.0 Å². The van der Waals surface area contributed by atoms with Crippen molar-refractivity contribution >= 4 is 0 Å². The summed E-state index contributed by atoms with van der Waals surface area (Å²) in [7, 11) is 0. The zero-order valence-electron chi connectivity index (χ0n) is 15.8. The number of rotatable bonds is 15. The number of hydrogen-bond donors (Lipinski definition) is 0. The summed E-state index contributed by atoms with van der Waals surface area (Å²) in [5.74, 6) is 0. The van der Waals surface area contributed by atoms with Gasteiger partial charge in [0, 0.05) is 18.6 Å². The van der Waals surface area contributed by atoms with Crippen LogP contribution in [0.3, 0.4) is 0 Å². The van der Waals surface area contributed by atoms with E-state index in [-0.39, 0.29) is 12.4 Å². The Hall–Kier alpha value is -0.820. The third-order valence-electron chi connectivity index (χ3n) is 4.65. The Morgan fingerprint density at radius 1 is 0.833 bits per heavy atom. The number of pyridine rings is 1. The van der Waals surface area contributed by atoms with Crippen LogP contribution in [0.2, 0.25) is 0 Å². The minimum atomic E-state index is 0. The topological polar surface area (TPSA) is 3.88 Å². The van der Waals surface area contributed by atoms with E-state index >= 15 is 0 Å². The molecule has 1 rings (SSSR count). The van der Waals surface area contributed by atoms with Crippen molar-refractivity contribution in [2.45, 2.75) is 96.9 Å². The van der Waals surface area contributed by atoms with Gasteiger partial charge in [-0.25, -0.2) is 0 Å². The number of halogens is 1. The second-order valence-electron chi connectivity index (χ2n) is 6.77. The van der Waals surface area contributed by atoms with Crippen molar-refractivity contribution in [3.63, 3.8) is 0 Å². The fraction of sp³-hybridized carbons (Fsp3) is 0.682. The molecule has 0 saturated carbocycles. The molecule has 0 unspecified atom stereocenters. The van der Waals surface area contributed by atoms with Gasteiger partial charge in [0.05, 0.1) is 0 Å². The van der Waals surface area contributed by atoms with E-state index in [1.54, 1.807) is 0 Å². The van der Waals surface area contributed by atoms with E-state index in [9.17, 15) is 0 Å². The summed E-state index contributed by atoms with van der Waals surface area (Å²) >= 11 is 0. The largest absolute Gasteiger partial charge is 1.00 e. The Labute approximate surface area is 157 Å². The molecular weight excluding hydrogens is 314 g/mol. The summed E-state index contributed by atoms with van der Waals surface area (Å²) in [6, 6.07) is 6.51. The van der Waals surface area contributed by atoms with Crippen molar-refractivity contribution in [3.05, 3.63) is 42.7 Å². The standard InChI is InChI=1S/C22H38N.ClH/c1-3-5-6-7-8-9-10-11-12-13-14-15-18-22-19-16-17-21-23(22)20-4-2;/h4,16-17,19,21H,2-3,5-15,18,20H2,1H3;1H/q+1;/p-1. The van der Waals surface area contributed by atoms with Crippen LogP contribution in [0.5, 0.6) is 0 Å². The number of hydrogen-bond acceptors (Lipinski definition) is 0. The summed E-state index contributed by atoms with van der Waals surface area (Å²) < 4.78 is 2.31. The molecule has 138 valence electrons. The molecule has 0 aliphatic heterocycles. The summed E-state index contributed by atoms with van der Waals surface area (Å²) in [5, 5.41) is 0. The van der Waals surface area contributed by atoms with Gasteiger partial charge in [-0.05, 0) is 12.5 Å². The minimum Gasteiger partial charge on any atom is -1.00 e. The Morgan fingerprint density at radius 2 is 1.38 bits per heavy atom. The van der Waals surface area contributed by atoms with E-state index in [0.717, 1.165) is 6.54 Å². The van der Waals surface area contributed by atoms with Gasteiger partial charge in [0.1, 0.15) is 0 Å². The van der Waals surface area contributed by atoms with E-state index in [4.69, 9.17) is 0 Å². The Kier molecular flexibility index (Phi) is 16.4. The fourth-order valence-corrected chi connectivity index (χ4v) is 3.20. The van der Waals surface area contributed by atoms with Crippen molar-refractivity contribution in [1.29, 1.82) is 0 Å². The molecular formula is C22H38ClN. The molecule has 1 nitrogen and oxygen atoms in total. The first-order valence-corrected chi connectivity index (χ1v) is 9.96. The van der Waals surface area contributed by atoms with E-state index in [2.05, 4.69) is 42.5 Å². The molecule has 24 heavy (non-hydrogen) atoms. The third kappa shape index (κ3) is 11.7. The van der Waals surface area contributed by atoms with Crippen LogP contribution < -0.4 is 17.0 Å². The van der Waals surface area contributed by atoms with E-state index in [1.165, 1.54) is 89.2 Å². The van der Waals surface area contributed by atoms with Crippen molar-refractivity contribution in [1.82, 2.24) is 0 Å². The highest BCUT2D eigenvalue weighted by molar-refractivity contribution is 4.97. The maximum atomic E-state index is 3.84. The number of unbranched alkanes of at least 4 members (excludes halogenated alkanes) is 11. The van der Waals surface area contributed by atoms with Crippen molar-refractivity contribution in [2.24, 2.45) is 0 Å².